The molecule has 0 atom stereocenters. The zero-order valence-corrected chi connectivity index (χ0v) is 16.4. The molecular weight excluding hydrogens is 343 g/mol. The Morgan fingerprint density at radius 2 is 1.74 bits per heavy atom. The van der Waals surface area contributed by atoms with Crippen molar-refractivity contribution < 1.29 is 18.8 Å². The summed E-state index contributed by atoms with van der Waals surface area (Å²) in [6.45, 7) is 10.1. The number of anilines is 1. The Kier molecular flexibility index (Phi) is 5.26. The summed E-state index contributed by atoms with van der Waals surface area (Å²) in [5.41, 5.74) is 1.61. The molecule has 142 valence electrons. The van der Waals surface area contributed by atoms with E-state index < -0.39 is 24.4 Å². The quantitative estimate of drug-likeness (QED) is 0.838. The van der Waals surface area contributed by atoms with Crippen LogP contribution in [-0.4, -0.2) is 29.4 Å². The van der Waals surface area contributed by atoms with Crippen molar-refractivity contribution in [3.8, 4) is 0 Å². The van der Waals surface area contributed by atoms with E-state index in [0.29, 0.717) is 5.82 Å². The number of rotatable bonds is 4. The first-order chi connectivity index (χ1) is 12.7. The number of pyridine rings is 1. The van der Waals surface area contributed by atoms with Crippen molar-refractivity contribution in [2.24, 2.45) is 0 Å². The van der Waals surface area contributed by atoms with Gasteiger partial charge in [0.25, 0.3) is 0 Å². The van der Waals surface area contributed by atoms with Gasteiger partial charge in [0, 0.05) is 5.69 Å². The number of benzene rings is 1. The van der Waals surface area contributed by atoms with Crippen LogP contribution in [0.5, 0.6) is 0 Å². The molecule has 1 amide bonds. The molecule has 1 aromatic carbocycles. The van der Waals surface area contributed by atoms with Gasteiger partial charge >= 0.3 is 13.2 Å². The minimum atomic E-state index is -0.558. The molecule has 0 radical (unpaired) electrons. The lowest BCUT2D eigenvalue weighted by molar-refractivity contribution is 0.00578. The van der Waals surface area contributed by atoms with E-state index in [0.717, 1.165) is 16.7 Å². The number of amides is 1. The lowest BCUT2D eigenvalue weighted by atomic mass is 9.79. The van der Waals surface area contributed by atoms with Crippen LogP contribution in [0.15, 0.2) is 42.5 Å². The first kappa shape index (κ1) is 19.4. The maximum Gasteiger partial charge on any atom is 0.495 e. The summed E-state index contributed by atoms with van der Waals surface area (Å²) < 4.78 is 17.4. The van der Waals surface area contributed by atoms with E-state index in [9.17, 15) is 4.79 Å². The molecule has 0 spiro atoms. The molecule has 1 aromatic heterocycles. The molecule has 7 heteroatoms. The predicted octanol–water partition coefficient (Wildman–Crippen LogP) is 3.44. The number of aromatic nitrogens is 1. The Hall–Kier alpha value is -2.38. The summed E-state index contributed by atoms with van der Waals surface area (Å²) in [6, 6.07) is 13.1. The fraction of sp³-hybridized carbons (Fsp3) is 0.400. The second kappa shape index (κ2) is 7.33. The van der Waals surface area contributed by atoms with Crippen LogP contribution in [0.3, 0.4) is 0 Å². The number of nitrogens with one attached hydrogen (secondary N) is 1. The van der Waals surface area contributed by atoms with Crippen molar-refractivity contribution in [3.63, 3.8) is 0 Å². The molecule has 3 rings (SSSR count). The molecule has 0 aliphatic carbocycles. The van der Waals surface area contributed by atoms with Gasteiger partial charge in [-0.15, -0.1) is 0 Å². The first-order valence-corrected chi connectivity index (χ1v) is 8.98. The topological polar surface area (TPSA) is 69.7 Å². The Balaban J connectivity index is 1.68. The van der Waals surface area contributed by atoms with E-state index in [1.165, 1.54) is 0 Å². The van der Waals surface area contributed by atoms with Crippen molar-refractivity contribution in [1.29, 1.82) is 0 Å². The largest absolute Gasteiger partial charge is 0.495 e. The molecule has 2 heterocycles. The Bertz CT molecular complexity index is 808. The van der Waals surface area contributed by atoms with E-state index >= 15 is 0 Å². The average molecular weight is 368 g/mol. The summed E-state index contributed by atoms with van der Waals surface area (Å²) in [7, 11) is -0.516. The molecule has 1 aliphatic rings. The van der Waals surface area contributed by atoms with Crippen LogP contribution in [0.2, 0.25) is 0 Å². The third kappa shape index (κ3) is 4.49. The van der Waals surface area contributed by atoms with E-state index in [1.54, 1.807) is 6.07 Å². The Morgan fingerprint density at radius 3 is 2.37 bits per heavy atom. The average Bonchev–Trinajstić information content (AvgIpc) is 2.81. The van der Waals surface area contributed by atoms with Crippen molar-refractivity contribution in [2.45, 2.75) is 52.4 Å². The molecule has 0 bridgehead atoms. The van der Waals surface area contributed by atoms with Crippen LogP contribution in [0.4, 0.5) is 10.6 Å². The smallest absolute Gasteiger partial charge is 0.444 e. The van der Waals surface area contributed by atoms with Crippen molar-refractivity contribution in [1.82, 2.24) is 4.98 Å². The Morgan fingerprint density at radius 1 is 1.11 bits per heavy atom. The first-order valence-electron chi connectivity index (χ1n) is 8.98. The van der Waals surface area contributed by atoms with Crippen molar-refractivity contribution >= 4 is 24.5 Å². The Labute approximate surface area is 160 Å². The number of ether oxygens (including phenoxy) is 1. The molecule has 1 N–H and O–H groups in total. The maximum atomic E-state index is 12.1. The standard InChI is InChI=1S/C20H25BN2O4/c1-14-11-16(21-26-19(2,3)20(4,5)27-21)12-17(22-14)23-18(24)25-13-15-9-7-6-8-10-15/h6-12H,13H2,1-5H3,(H,22,23,24). The SMILES string of the molecule is Cc1cc(B2OC(C)(C)C(C)(C)O2)cc(NC(=O)OCc2ccccc2)n1. The molecule has 0 saturated carbocycles. The van der Waals surface area contributed by atoms with Gasteiger partial charge in [0.1, 0.15) is 12.4 Å². The predicted molar refractivity (Wildman–Crippen MR) is 105 cm³/mol. The van der Waals surface area contributed by atoms with Gasteiger partial charge in [0.15, 0.2) is 0 Å². The molecule has 1 aliphatic heterocycles. The summed E-state index contributed by atoms with van der Waals surface area (Å²) in [5.74, 6) is 0.401. The van der Waals surface area contributed by atoms with Gasteiger partial charge < -0.3 is 14.0 Å². The highest BCUT2D eigenvalue weighted by Gasteiger charge is 2.51. The lowest BCUT2D eigenvalue weighted by Crippen LogP contribution is -2.41. The van der Waals surface area contributed by atoms with Crippen LogP contribution in [-0.2, 0) is 20.7 Å². The number of carbonyl (C=O) groups excluding carboxylic acids is 1. The van der Waals surface area contributed by atoms with E-state index in [1.807, 2.05) is 71.0 Å². The summed E-state index contributed by atoms with van der Waals surface area (Å²) in [4.78, 5) is 16.4. The zero-order valence-electron chi connectivity index (χ0n) is 16.4. The number of carbonyl (C=O) groups is 1. The number of nitrogens with zero attached hydrogens (tertiary/aromatic N) is 1. The molecular formula is C20H25BN2O4. The third-order valence-electron chi connectivity index (χ3n) is 4.94. The number of hydrogen-bond acceptors (Lipinski definition) is 5. The van der Waals surface area contributed by atoms with Crippen LogP contribution >= 0.6 is 0 Å². The van der Waals surface area contributed by atoms with E-state index in [-0.39, 0.29) is 6.61 Å². The molecule has 1 fully saturated rings. The van der Waals surface area contributed by atoms with E-state index in [2.05, 4.69) is 10.3 Å². The third-order valence-corrected chi connectivity index (χ3v) is 4.94. The van der Waals surface area contributed by atoms with E-state index in [4.69, 9.17) is 14.0 Å². The van der Waals surface area contributed by atoms with Gasteiger partial charge in [-0.3, -0.25) is 5.32 Å². The number of aryl methyl sites for hydroxylation is 1. The maximum absolute atomic E-state index is 12.1. The normalized spacial score (nSPS) is 17.6. The lowest BCUT2D eigenvalue weighted by Gasteiger charge is -2.32. The minimum Gasteiger partial charge on any atom is -0.444 e. The molecule has 1 saturated heterocycles. The molecule has 27 heavy (non-hydrogen) atoms. The van der Waals surface area contributed by atoms with Gasteiger partial charge in [-0.05, 0) is 57.8 Å². The number of hydrogen-bond donors (Lipinski definition) is 1. The highest BCUT2D eigenvalue weighted by atomic mass is 16.7. The zero-order chi connectivity index (χ0) is 19.7. The highest BCUT2D eigenvalue weighted by Crippen LogP contribution is 2.36. The van der Waals surface area contributed by atoms with Crippen LogP contribution in [0.25, 0.3) is 0 Å². The van der Waals surface area contributed by atoms with Crippen LogP contribution < -0.4 is 10.8 Å². The monoisotopic (exact) mass is 368 g/mol. The fourth-order valence-corrected chi connectivity index (χ4v) is 2.74. The second-order valence-electron chi connectivity index (χ2n) is 7.70. The van der Waals surface area contributed by atoms with Crippen LogP contribution in [0, 0.1) is 6.92 Å². The summed E-state index contributed by atoms with van der Waals surface area (Å²) >= 11 is 0. The van der Waals surface area contributed by atoms with Crippen molar-refractivity contribution in [3.05, 3.63) is 53.7 Å². The molecule has 0 unspecified atom stereocenters. The highest BCUT2D eigenvalue weighted by molar-refractivity contribution is 6.62. The van der Waals surface area contributed by atoms with Crippen LogP contribution in [0.1, 0.15) is 39.0 Å². The minimum absolute atomic E-state index is 0.197. The van der Waals surface area contributed by atoms with Gasteiger partial charge in [-0.2, -0.15) is 0 Å². The summed E-state index contributed by atoms with van der Waals surface area (Å²) in [6.07, 6.45) is -0.558. The second-order valence-corrected chi connectivity index (χ2v) is 7.70. The van der Waals surface area contributed by atoms with Gasteiger partial charge in [-0.1, -0.05) is 30.3 Å². The van der Waals surface area contributed by atoms with Gasteiger partial charge in [0.05, 0.1) is 11.2 Å². The van der Waals surface area contributed by atoms with Gasteiger partial charge in [-0.25, -0.2) is 9.78 Å². The molecule has 2 aromatic rings. The van der Waals surface area contributed by atoms with Crippen molar-refractivity contribution in [2.75, 3.05) is 5.32 Å². The molecule has 6 nitrogen and oxygen atoms in total. The summed E-state index contributed by atoms with van der Waals surface area (Å²) in [5, 5.41) is 2.67. The van der Waals surface area contributed by atoms with Gasteiger partial charge in [0.2, 0.25) is 0 Å². The fourth-order valence-electron chi connectivity index (χ4n) is 2.74.